The minimum Gasteiger partial charge on any atom is -0.497 e. The van der Waals surface area contributed by atoms with Gasteiger partial charge in [-0.3, -0.25) is 24.1 Å². The molecule has 58 heavy (non-hydrogen) atoms. The van der Waals surface area contributed by atoms with Crippen LogP contribution in [0.15, 0.2) is 91.0 Å². The first-order valence-electron chi connectivity index (χ1n) is 19.8. The minimum atomic E-state index is -2.57. The molecule has 1 unspecified atom stereocenters. The van der Waals surface area contributed by atoms with Gasteiger partial charge in [-0.2, -0.15) is 0 Å². The quantitative estimate of drug-likeness (QED) is 0.116. The molecule has 2 fully saturated rings. The predicted molar refractivity (Wildman–Crippen MR) is 223 cm³/mol. The number of hydrogen-bond donors (Lipinski definition) is 1. The smallest absolute Gasteiger partial charge is 0.304 e. The summed E-state index contributed by atoms with van der Waals surface area (Å²) >= 11 is 6.72. The van der Waals surface area contributed by atoms with Crippen molar-refractivity contribution < 1.29 is 38.5 Å². The van der Waals surface area contributed by atoms with Crippen LogP contribution in [0.2, 0.25) is 23.7 Å². The Balaban J connectivity index is 1.14. The number of aliphatic hydroxyl groups excluding tert-OH is 1. The number of esters is 1. The number of nitrogens with zero attached hydrogens (tertiary/aromatic N) is 3. The fourth-order valence-electron chi connectivity index (χ4n) is 9.90. The van der Waals surface area contributed by atoms with Crippen LogP contribution < -0.4 is 19.7 Å². The summed E-state index contributed by atoms with van der Waals surface area (Å²) in [7, 11) is -0.930. The van der Waals surface area contributed by atoms with Crippen molar-refractivity contribution in [1.82, 2.24) is 4.90 Å². The van der Waals surface area contributed by atoms with Crippen LogP contribution in [0.5, 0.6) is 5.75 Å². The number of halogens is 1. The standard InChI is InChI=1S/C45H48ClN3O8Si/c1-27-43(58(4,5)36-17-15-35(55-3)16-18-36)39(22-40(52)47-25-31-9-7-6-8-30(31)20-34(47)26-50)57-45(27)37-21-32(46)12-19-38(37)48(44(45)54)24-29-10-13-33(14-11-29)49-41(53)23-42(49)56-28(2)51/h6-19,21,27,34,39,42-43,50H,20,22-26H2,1-5H3/t27-,34+,39+,42?,43-,45+/m1/s1. The lowest BCUT2D eigenvalue weighted by Crippen LogP contribution is -2.54. The van der Waals surface area contributed by atoms with Crippen LogP contribution in [0.25, 0.3) is 0 Å². The zero-order valence-corrected chi connectivity index (χ0v) is 35.1. The van der Waals surface area contributed by atoms with Gasteiger partial charge in [0, 0.05) is 35.7 Å². The van der Waals surface area contributed by atoms with Crippen molar-refractivity contribution in [3.05, 3.63) is 118 Å². The molecule has 2 saturated heterocycles. The van der Waals surface area contributed by atoms with E-state index in [2.05, 4.69) is 32.2 Å². The van der Waals surface area contributed by atoms with Gasteiger partial charge in [-0.25, -0.2) is 0 Å². The van der Waals surface area contributed by atoms with E-state index in [0.717, 1.165) is 27.6 Å². The number of hydrogen-bond acceptors (Lipinski definition) is 8. The summed E-state index contributed by atoms with van der Waals surface area (Å²) in [5.74, 6) is -0.580. The summed E-state index contributed by atoms with van der Waals surface area (Å²) < 4.78 is 18.0. The molecule has 4 aliphatic rings. The van der Waals surface area contributed by atoms with Crippen molar-refractivity contribution >= 4 is 59.9 Å². The lowest BCUT2D eigenvalue weighted by Gasteiger charge is -2.39. The highest BCUT2D eigenvalue weighted by Gasteiger charge is 2.66. The number of fused-ring (bicyclic) bond motifs is 3. The van der Waals surface area contributed by atoms with Gasteiger partial charge in [0.1, 0.15) is 5.75 Å². The van der Waals surface area contributed by atoms with Crippen LogP contribution in [0.4, 0.5) is 11.4 Å². The van der Waals surface area contributed by atoms with E-state index in [-0.39, 0.29) is 61.2 Å². The second-order valence-electron chi connectivity index (χ2n) is 16.4. The van der Waals surface area contributed by atoms with Gasteiger partial charge >= 0.3 is 5.97 Å². The number of methoxy groups -OCH3 is 1. The Hall–Kier alpha value is -5.01. The summed E-state index contributed by atoms with van der Waals surface area (Å²) in [5, 5.41) is 12.1. The maximum Gasteiger partial charge on any atom is 0.304 e. The maximum absolute atomic E-state index is 15.3. The fraction of sp³-hybridized carbons (Fsp3) is 0.378. The normalized spacial score (nSPS) is 25.1. The van der Waals surface area contributed by atoms with Crippen molar-refractivity contribution in [3.63, 3.8) is 0 Å². The minimum absolute atomic E-state index is 0.0379. The average molecular weight is 822 g/mol. The molecule has 0 radical (unpaired) electrons. The van der Waals surface area contributed by atoms with Crippen molar-refractivity contribution in [1.29, 1.82) is 0 Å². The van der Waals surface area contributed by atoms with Crippen LogP contribution in [-0.2, 0) is 53.8 Å². The first-order valence-corrected chi connectivity index (χ1v) is 23.2. The Kier molecular flexibility index (Phi) is 10.5. The molecule has 4 heterocycles. The monoisotopic (exact) mass is 821 g/mol. The summed E-state index contributed by atoms with van der Waals surface area (Å²) in [5.41, 5.74) is 3.32. The highest BCUT2D eigenvalue weighted by atomic mass is 35.5. The zero-order chi connectivity index (χ0) is 41.1. The summed E-state index contributed by atoms with van der Waals surface area (Å²) in [6.07, 6.45) is -0.551. The number of benzene rings is 4. The first-order chi connectivity index (χ1) is 27.8. The number of ether oxygens (including phenoxy) is 3. The molecule has 8 rings (SSSR count). The molecule has 302 valence electrons. The molecule has 0 bridgehead atoms. The molecule has 6 atom stereocenters. The molecule has 13 heteroatoms. The molecule has 4 aromatic rings. The van der Waals surface area contributed by atoms with Crippen LogP contribution >= 0.6 is 11.6 Å². The second-order valence-corrected chi connectivity index (χ2v) is 21.6. The van der Waals surface area contributed by atoms with E-state index in [0.29, 0.717) is 34.9 Å². The fourth-order valence-corrected chi connectivity index (χ4v) is 14.1. The van der Waals surface area contributed by atoms with Crippen molar-refractivity contribution in [2.24, 2.45) is 5.92 Å². The van der Waals surface area contributed by atoms with Crippen molar-refractivity contribution in [3.8, 4) is 5.75 Å². The van der Waals surface area contributed by atoms with E-state index >= 15 is 4.79 Å². The second kappa shape index (κ2) is 15.3. The van der Waals surface area contributed by atoms with Gasteiger partial charge in [0.25, 0.3) is 5.91 Å². The Bertz CT molecular complexity index is 2270. The molecular formula is C45H48ClN3O8Si. The molecule has 1 spiro atoms. The Morgan fingerprint density at radius 2 is 1.67 bits per heavy atom. The van der Waals surface area contributed by atoms with Crippen molar-refractivity contribution in [2.75, 3.05) is 23.5 Å². The van der Waals surface area contributed by atoms with E-state index < -0.39 is 32.0 Å². The van der Waals surface area contributed by atoms with E-state index in [1.807, 2.05) is 60.7 Å². The number of amides is 3. The average Bonchev–Trinajstić information content (AvgIpc) is 3.63. The number of carbonyl (C=O) groups excluding carboxylic acids is 4. The highest BCUT2D eigenvalue weighted by Crippen LogP contribution is 2.60. The zero-order valence-electron chi connectivity index (χ0n) is 33.3. The third-order valence-electron chi connectivity index (χ3n) is 12.8. The molecule has 1 N–H and O–H groups in total. The Labute approximate surface area is 344 Å². The number of β-lactam (4-membered cyclic amide) rings is 1. The van der Waals surface area contributed by atoms with E-state index in [4.69, 9.17) is 25.8 Å². The van der Waals surface area contributed by atoms with Gasteiger partial charge < -0.3 is 29.1 Å². The number of anilines is 2. The predicted octanol–water partition coefficient (Wildman–Crippen LogP) is 6.07. The molecular weight excluding hydrogens is 774 g/mol. The van der Waals surface area contributed by atoms with Crippen LogP contribution in [0.3, 0.4) is 0 Å². The van der Waals surface area contributed by atoms with Gasteiger partial charge in [0.05, 0.1) is 59.0 Å². The largest absolute Gasteiger partial charge is 0.497 e. The van der Waals surface area contributed by atoms with Gasteiger partial charge in [0.2, 0.25) is 11.8 Å². The number of rotatable bonds is 10. The number of carbonyl (C=O) groups is 4. The molecule has 0 saturated carbocycles. The molecule has 4 aliphatic heterocycles. The van der Waals surface area contributed by atoms with Crippen LogP contribution in [0, 0.1) is 5.92 Å². The lowest BCUT2D eigenvalue weighted by molar-refractivity contribution is -0.154. The molecule has 4 aromatic carbocycles. The molecule has 11 nitrogen and oxygen atoms in total. The summed E-state index contributed by atoms with van der Waals surface area (Å²) in [6.45, 7) is 8.37. The molecule has 3 amide bonds. The Morgan fingerprint density at radius 1 is 0.966 bits per heavy atom. The maximum atomic E-state index is 15.3. The van der Waals surface area contributed by atoms with Gasteiger partial charge in [-0.15, -0.1) is 0 Å². The third kappa shape index (κ3) is 6.69. The van der Waals surface area contributed by atoms with Gasteiger partial charge in [-0.1, -0.05) is 85.3 Å². The van der Waals surface area contributed by atoms with E-state index in [1.165, 1.54) is 11.8 Å². The summed E-state index contributed by atoms with van der Waals surface area (Å²) in [4.78, 5) is 58.9. The van der Waals surface area contributed by atoms with Gasteiger partial charge in [-0.05, 0) is 71.1 Å². The first kappa shape index (κ1) is 39.8. The van der Waals surface area contributed by atoms with Gasteiger partial charge in [0.15, 0.2) is 11.8 Å². The van der Waals surface area contributed by atoms with Crippen LogP contribution in [-0.4, -0.2) is 73.9 Å². The SMILES string of the molecule is COc1ccc([Si](C)(C)[C@H]2[C@H](CC(=O)N3Cc4ccccc4C[C@H]3CO)O[C@@]3(C(=O)N(Cc4ccc(N5C(=O)CC5OC(C)=O)cc4)c4ccc(Cl)cc43)[C@@H]2C)cc1. The van der Waals surface area contributed by atoms with Crippen molar-refractivity contribution in [2.45, 2.75) is 88.8 Å². The van der Waals surface area contributed by atoms with E-state index in [9.17, 15) is 19.5 Å². The summed E-state index contributed by atoms with van der Waals surface area (Å²) in [6, 6.07) is 28.5. The molecule has 0 aromatic heterocycles. The number of aliphatic hydroxyl groups is 1. The van der Waals surface area contributed by atoms with Crippen LogP contribution in [0.1, 0.15) is 48.9 Å². The topological polar surface area (TPSA) is 126 Å². The lowest BCUT2D eigenvalue weighted by atomic mass is 9.82. The van der Waals surface area contributed by atoms with E-state index in [1.54, 1.807) is 35.1 Å². The molecule has 0 aliphatic carbocycles. The third-order valence-corrected chi connectivity index (χ3v) is 17.4. The Morgan fingerprint density at radius 3 is 2.33 bits per heavy atom. The highest BCUT2D eigenvalue weighted by molar-refractivity contribution is 6.91.